The Labute approximate surface area is 102 Å². The van der Waals surface area contributed by atoms with Crippen molar-refractivity contribution in [2.24, 2.45) is 5.92 Å². The summed E-state index contributed by atoms with van der Waals surface area (Å²) in [6.45, 7) is 15.3. The number of nitrogens with one attached hydrogen (secondary N) is 1. The van der Waals surface area contributed by atoms with Crippen LogP contribution in [0.2, 0.25) is 0 Å². The van der Waals surface area contributed by atoms with Crippen molar-refractivity contribution in [3.8, 4) is 0 Å². The van der Waals surface area contributed by atoms with Gasteiger partial charge in [0.15, 0.2) is 0 Å². The highest BCUT2D eigenvalue weighted by molar-refractivity contribution is 4.88. The van der Waals surface area contributed by atoms with Gasteiger partial charge in [0.1, 0.15) is 0 Å². The monoisotopic (exact) mass is 226 g/mol. The number of rotatable bonds is 4. The van der Waals surface area contributed by atoms with Gasteiger partial charge < -0.3 is 5.32 Å². The first-order valence-electron chi connectivity index (χ1n) is 6.97. The summed E-state index contributed by atoms with van der Waals surface area (Å²) < 4.78 is 0. The highest BCUT2D eigenvalue weighted by atomic mass is 15.2. The minimum atomic E-state index is 0.275. The Morgan fingerprint density at radius 3 is 2.50 bits per heavy atom. The Morgan fingerprint density at radius 2 is 1.94 bits per heavy atom. The maximum absolute atomic E-state index is 3.65. The highest BCUT2D eigenvalue weighted by Crippen LogP contribution is 2.19. The van der Waals surface area contributed by atoms with E-state index in [9.17, 15) is 0 Å². The van der Waals surface area contributed by atoms with Gasteiger partial charge in [0, 0.05) is 24.7 Å². The molecular weight excluding hydrogens is 196 g/mol. The predicted molar refractivity (Wildman–Crippen MR) is 71.8 cm³/mol. The maximum atomic E-state index is 3.65. The maximum Gasteiger partial charge on any atom is 0.0252 e. The molecule has 1 aliphatic rings. The van der Waals surface area contributed by atoms with E-state index in [1.165, 1.54) is 32.4 Å². The van der Waals surface area contributed by atoms with Crippen molar-refractivity contribution >= 4 is 0 Å². The molecule has 1 N–H and O–H groups in total. The molecule has 2 heteroatoms. The molecule has 1 fully saturated rings. The summed E-state index contributed by atoms with van der Waals surface area (Å²) >= 11 is 0. The molecule has 96 valence electrons. The van der Waals surface area contributed by atoms with E-state index >= 15 is 0 Å². The summed E-state index contributed by atoms with van der Waals surface area (Å²) in [6, 6.07) is 0.731. The van der Waals surface area contributed by atoms with Crippen molar-refractivity contribution < 1.29 is 0 Å². The largest absolute Gasteiger partial charge is 0.310 e. The topological polar surface area (TPSA) is 15.3 Å². The minimum absolute atomic E-state index is 0.275. The molecule has 1 heterocycles. The Bertz CT molecular complexity index is 197. The third kappa shape index (κ3) is 4.06. The molecule has 16 heavy (non-hydrogen) atoms. The van der Waals surface area contributed by atoms with Crippen LogP contribution in [-0.2, 0) is 0 Å². The first kappa shape index (κ1) is 14.0. The molecule has 0 saturated carbocycles. The van der Waals surface area contributed by atoms with Crippen LogP contribution in [-0.4, -0.2) is 36.1 Å². The Morgan fingerprint density at radius 1 is 1.31 bits per heavy atom. The van der Waals surface area contributed by atoms with Gasteiger partial charge in [-0.05, 0) is 39.7 Å². The number of hydrogen-bond donors (Lipinski definition) is 1. The molecule has 0 aromatic carbocycles. The lowest BCUT2D eigenvalue weighted by Crippen LogP contribution is -2.48. The van der Waals surface area contributed by atoms with Gasteiger partial charge >= 0.3 is 0 Å². The summed E-state index contributed by atoms with van der Waals surface area (Å²) in [5.74, 6) is 0.872. The minimum Gasteiger partial charge on any atom is -0.310 e. The SMILES string of the molecule is CCC(CC)CN1CC(C)(C)NCCC1C. The van der Waals surface area contributed by atoms with Gasteiger partial charge in [0.25, 0.3) is 0 Å². The summed E-state index contributed by atoms with van der Waals surface area (Å²) in [6.07, 6.45) is 3.91. The van der Waals surface area contributed by atoms with Gasteiger partial charge in [-0.25, -0.2) is 0 Å². The predicted octanol–water partition coefficient (Wildman–Crippen LogP) is 2.89. The second-order valence-electron chi connectivity index (χ2n) is 6.06. The molecule has 1 atom stereocenters. The van der Waals surface area contributed by atoms with Crippen molar-refractivity contribution in [3.05, 3.63) is 0 Å². The fourth-order valence-corrected chi connectivity index (χ4v) is 2.64. The molecule has 1 rings (SSSR count). The number of hydrogen-bond acceptors (Lipinski definition) is 2. The third-order valence-electron chi connectivity index (χ3n) is 4.03. The van der Waals surface area contributed by atoms with Crippen LogP contribution in [0.4, 0.5) is 0 Å². The molecule has 0 bridgehead atoms. The summed E-state index contributed by atoms with van der Waals surface area (Å²) in [5.41, 5.74) is 0.275. The fraction of sp³-hybridized carbons (Fsp3) is 1.00. The average Bonchev–Trinajstić information content (AvgIpc) is 2.34. The van der Waals surface area contributed by atoms with Crippen molar-refractivity contribution in [3.63, 3.8) is 0 Å². The van der Waals surface area contributed by atoms with E-state index < -0.39 is 0 Å². The second-order valence-corrected chi connectivity index (χ2v) is 6.06. The molecule has 0 aliphatic carbocycles. The zero-order valence-corrected chi connectivity index (χ0v) is 11.8. The first-order valence-corrected chi connectivity index (χ1v) is 6.97. The Balaban J connectivity index is 2.59. The molecule has 0 amide bonds. The van der Waals surface area contributed by atoms with E-state index in [2.05, 4.69) is 44.8 Å². The van der Waals surface area contributed by atoms with E-state index in [-0.39, 0.29) is 5.54 Å². The standard InChI is InChI=1S/C14H30N2/c1-6-13(7-2)10-16-11-14(4,5)15-9-8-12(16)3/h12-13,15H,6-11H2,1-5H3. The van der Waals surface area contributed by atoms with Crippen molar-refractivity contribution in [2.75, 3.05) is 19.6 Å². The lowest BCUT2D eigenvalue weighted by Gasteiger charge is -2.35. The van der Waals surface area contributed by atoms with Gasteiger partial charge in [0.2, 0.25) is 0 Å². The smallest absolute Gasteiger partial charge is 0.0252 e. The lowest BCUT2D eigenvalue weighted by molar-refractivity contribution is 0.151. The lowest BCUT2D eigenvalue weighted by atomic mass is 9.99. The second kappa shape index (κ2) is 6.02. The summed E-state index contributed by atoms with van der Waals surface area (Å²) in [5, 5.41) is 3.65. The zero-order valence-electron chi connectivity index (χ0n) is 11.8. The summed E-state index contributed by atoms with van der Waals surface area (Å²) in [7, 11) is 0. The zero-order chi connectivity index (χ0) is 12.2. The molecular formula is C14H30N2. The first-order chi connectivity index (χ1) is 7.48. The molecule has 1 saturated heterocycles. The molecule has 0 radical (unpaired) electrons. The van der Waals surface area contributed by atoms with E-state index in [0.717, 1.165) is 18.5 Å². The Hall–Kier alpha value is -0.0800. The number of nitrogens with zero attached hydrogens (tertiary/aromatic N) is 1. The van der Waals surface area contributed by atoms with Crippen molar-refractivity contribution in [1.82, 2.24) is 10.2 Å². The van der Waals surface area contributed by atoms with Gasteiger partial charge in [-0.3, -0.25) is 4.90 Å². The van der Waals surface area contributed by atoms with Gasteiger partial charge in [-0.15, -0.1) is 0 Å². The van der Waals surface area contributed by atoms with Crippen LogP contribution in [0.3, 0.4) is 0 Å². The third-order valence-corrected chi connectivity index (χ3v) is 4.03. The molecule has 2 nitrogen and oxygen atoms in total. The molecule has 0 aromatic rings. The molecule has 1 aliphatic heterocycles. The van der Waals surface area contributed by atoms with E-state index in [1.54, 1.807) is 0 Å². The highest BCUT2D eigenvalue weighted by Gasteiger charge is 2.28. The van der Waals surface area contributed by atoms with Crippen LogP contribution in [0.5, 0.6) is 0 Å². The molecule has 0 spiro atoms. The average molecular weight is 226 g/mol. The van der Waals surface area contributed by atoms with Crippen molar-refractivity contribution in [1.29, 1.82) is 0 Å². The quantitative estimate of drug-likeness (QED) is 0.793. The normalized spacial score (nSPS) is 27.0. The van der Waals surface area contributed by atoms with E-state index in [1.807, 2.05) is 0 Å². The van der Waals surface area contributed by atoms with E-state index in [4.69, 9.17) is 0 Å². The fourth-order valence-electron chi connectivity index (χ4n) is 2.64. The van der Waals surface area contributed by atoms with Gasteiger partial charge in [-0.2, -0.15) is 0 Å². The van der Waals surface area contributed by atoms with Crippen LogP contribution in [0, 0.1) is 5.92 Å². The van der Waals surface area contributed by atoms with Crippen LogP contribution >= 0.6 is 0 Å². The van der Waals surface area contributed by atoms with Crippen LogP contribution < -0.4 is 5.32 Å². The van der Waals surface area contributed by atoms with Crippen LogP contribution in [0.1, 0.15) is 53.9 Å². The molecule has 1 unspecified atom stereocenters. The van der Waals surface area contributed by atoms with Gasteiger partial charge in [-0.1, -0.05) is 26.7 Å². The van der Waals surface area contributed by atoms with Gasteiger partial charge in [0.05, 0.1) is 0 Å². The Kier molecular flexibility index (Phi) is 5.26. The van der Waals surface area contributed by atoms with Crippen molar-refractivity contribution in [2.45, 2.75) is 65.5 Å². The van der Waals surface area contributed by atoms with E-state index in [0.29, 0.717) is 0 Å². The summed E-state index contributed by atoms with van der Waals surface area (Å²) in [4.78, 5) is 2.69. The van der Waals surface area contributed by atoms with Crippen LogP contribution in [0.25, 0.3) is 0 Å². The molecule has 0 aromatic heterocycles. The van der Waals surface area contributed by atoms with Crippen LogP contribution in [0.15, 0.2) is 0 Å².